The van der Waals surface area contributed by atoms with E-state index < -0.39 is 29.7 Å². The second-order valence-electron chi connectivity index (χ2n) is 5.28. The molecule has 0 saturated carbocycles. The van der Waals surface area contributed by atoms with E-state index in [0.717, 1.165) is 6.07 Å². The Morgan fingerprint density at radius 1 is 1.09 bits per heavy atom. The molecule has 0 spiro atoms. The predicted octanol–water partition coefficient (Wildman–Crippen LogP) is 3.13. The van der Waals surface area contributed by atoms with Crippen molar-refractivity contribution in [1.82, 2.24) is 5.32 Å². The molecule has 0 bridgehead atoms. The summed E-state index contributed by atoms with van der Waals surface area (Å²) in [6.45, 7) is 3.31. The molecule has 0 aliphatic carbocycles. The zero-order valence-corrected chi connectivity index (χ0v) is 12.3. The van der Waals surface area contributed by atoms with Crippen LogP contribution in [-0.2, 0) is 0 Å². The fourth-order valence-electron chi connectivity index (χ4n) is 2.19. The molecule has 2 N–H and O–H groups in total. The molecule has 0 aromatic heterocycles. The van der Waals surface area contributed by atoms with Gasteiger partial charge in [-0.2, -0.15) is 0 Å². The largest absolute Gasteiger partial charge is 0.386 e. The van der Waals surface area contributed by atoms with Gasteiger partial charge in [-0.3, -0.25) is 4.79 Å². The lowest BCUT2D eigenvalue weighted by molar-refractivity contribution is 0.0851. The third kappa shape index (κ3) is 3.89. The van der Waals surface area contributed by atoms with E-state index in [1.54, 1.807) is 19.9 Å². The van der Waals surface area contributed by atoms with Crippen LogP contribution >= 0.6 is 0 Å². The average molecular weight is 305 g/mol. The number of benzene rings is 2. The minimum atomic E-state index is -0.987. The van der Waals surface area contributed by atoms with Gasteiger partial charge in [0.2, 0.25) is 0 Å². The molecule has 3 nitrogen and oxygen atoms in total. The van der Waals surface area contributed by atoms with Gasteiger partial charge in [-0.25, -0.2) is 8.78 Å². The molecule has 116 valence electrons. The molecule has 0 radical (unpaired) electrons. The Morgan fingerprint density at radius 2 is 1.73 bits per heavy atom. The third-order valence-corrected chi connectivity index (χ3v) is 3.35. The maximum atomic E-state index is 13.3. The first-order valence-electron chi connectivity index (χ1n) is 6.88. The summed E-state index contributed by atoms with van der Waals surface area (Å²) in [6.07, 6.45) is -0.987. The summed E-state index contributed by atoms with van der Waals surface area (Å²) < 4.78 is 26.2. The highest BCUT2D eigenvalue weighted by atomic mass is 19.1. The van der Waals surface area contributed by atoms with Crippen molar-refractivity contribution in [2.24, 2.45) is 0 Å². The first-order chi connectivity index (χ1) is 10.4. The monoisotopic (exact) mass is 305 g/mol. The number of amides is 1. The van der Waals surface area contributed by atoms with Crippen LogP contribution in [0.25, 0.3) is 0 Å². The van der Waals surface area contributed by atoms with Crippen LogP contribution in [0.4, 0.5) is 8.78 Å². The van der Waals surface area contributed by atoms with Crippen LogP contribution in [0.1, 0.15) is 34.5 Å². The summed E-state index contributed by atoms with van der Waals surface area (Å²) in [5, 5.41) is 12.8. The first-order valence-corrected chi connectivity index (χ1v) is 6.88. The number of aliphatic hydroxyl groups excluding tert-OH is 1. The van der Waals surface area contributed by atoms with Crippen molar-refractivity contribution in [2.75, 3.05) is 0 Å². The fraction of sp³-hybridized carbons (Fsp3) is 0.235. The predicted molar refractivity (Wildman–Crippen MR) is 79.4 cm³/mol. The van der Waals surface area contributed by atoms with Gasteiger partial charge in [0.05, 0.1) is 12.1 Å². The first kappa shape index (κ1) is 16.1. The number of aliphatic hydroxyl groups is 1. The SMILES string of the molecule is Cc1cc(F)cc(C(=O)NC(C)C(O)c2ccc(F)cc2)c1. The van der Waals surface area contributed by atoms with Crippen molar-refractivity contribution < 1.29 is 18.7 Å². The van der Waals surface area contributed by atoms with Gasteiger partial charge >= 0.3 is 0 Å². The van der Waals surface area contributed by atoms with Gasteiger partial charge in [-0.15, -0.1) is 0 Å². The number of hydrogen-bond donors (Lipinski definition) is 2. The summed E-state index contributed by atoms with van der Waals surface area (Å²) in [7, 11) is 0. The van der Waals surface area contributed by atoms with Crippen molar-refractivity contribution in [3.05, 3.63) is 70.8 Å². The number of rotatable bonds is 4. The second-order valence-corrected chi connectivity index (χ2v) is 5.28. The Hall–Kier alpha value is -2.27. The Morgan fingerprint density at radius 3 is 2.32 bits per heavy atom. The van der Waals surface area contributed by atoms with Gasteiger partial charge in [0.15, 0.2) is 0 Å². The molecule has 2 aromatic rings. The maximum Gasteiger partial charge on any atom is 0.251 e. The summed E-state index contributed by atoms with van der Waals surface area (Å²) >= 11 is 0. The van der Waals surface area contributed by atoms with E-state index in [-0.39, 0.29) is 5.56 Å². The average Bonchev–Trinajstić information content (AvgIpc) is 2.46. The molecule has 2 unspecified atom stereocenters. The minimum Gasteiger partial charge on any atom is -0.386 e. The van der Waals surface area contributed by atoms with Crippen molar-refractivity contribution in [3.63, 3.8) is 0 Å². The molecule has 22 heavy (non-hydrogen) atoms. The van der Waals surface area contributed by atoms with Crippen LogP contribution in [0.3, 0.4) is 0 Å². The van der Waals surface area contributed by atoms with Gasteiger partial charge in [-0.05, 0) is 55.3 Å². The maximum absolute atomic E-state index is 13.3. The van der Waals surface area contributed by atoms with Gasteiger partial charge in [0.1, 0.15) is 11.6 Å². The molecule has 0 aliphatic heterocycles. The molecule has 2 atom stereocenters. The summed E-state index contributed by atoms with van der Waals surface area (Å²) in [4.78, 5) is 12.1. The van der Waals surface area contributed by atoms with Crippen LogP contribution < -0.4 is 5.32 Å². The Balaban J connectivity index is 2.08. The molecule has 5 heteroatoms. The van der Waals surface area contributed by atoms with Crippen LogP contribution in [0.15, 0.2) is 42.5 Å². The Bertz CT molecular complexity index is 651. The topological polar surface area (TPSA) is 49.3 Å². The Kier molecular flexibility index (Phi) is 4.88. The minimum absolute atomic E-state index is 0.190. The summed E-state index contributed by atoms with van der Waals surface area (Å²) in [5.74, 6) is -1.36. The molecule has 0 aliphatic rings. The third-order valence-electron chi connectivity index (χ3n) is 3.35. The lowest BCUT2D eigenvalue weighted by atomic mass is 10.0. The molecule has 1 amide bonds. The van der Waals surface area contributed by atoms with E-state index >= 15 is 0 Å². The van der Waals surface area contributed by atoms with Gasteiger partial charge in [-0.1, -0.05) is 12.1 Å². The van der Waals surface area contributed by atoms with Crippen LogP contribution in [0.5, 0.6) is 0 Å². The van der Waals surface area contributed by atoms with Gasteiger partial charge in [0, 0.05) is 5.56 Å². The van der Waals surface area contributed by atoms with Crippen molar-refractivity contribution in [1.29, 1.82) is 0 Å². The molecule has 0 saturated heterocycles. The molecule has 0 fully saturated rings. The number of carbonyl (C=O) groups excluding carboxylic acids is 1. The zero-order chi connectivity index (χ0) is 16.3. The molecular weight excluding hydrogens is 288 g/mol. The van der Waals surface area contributed by atoms with Crippen molar-refractivity contribution in [2.45, 2.75) is 26.0 Å². The van der Waals surface area contributed by atoms with E-state index in [0.29, 0.717) is 11.1 Å². The molecular formula is C17H17F2NO2. The standard InChI is InChI=1S/C17H17F2NO2/c1-10-7-13(9-15(19)8-10)17(22)20-11(2)16(21)12-3-5-14(18)6-4-12/h3-9,11,16,21H,1-2H3,(H,20,22). The van der Waals surface area contributed by atoms with Crippen LogP contribution in [0, 0.1) is 18.6 Å². The summed E-state index contributed by atoms with van der Waals surface area (Å²) in [5.41, 5.74) is 1.32. The highest BCUT2D eigenvalue weighted by molar-refractivity contribution is 5.94. The fourth-order valence-corrected chi connectivity index (χ4v) is 2.19. The highest BCUT2D eigenvalue weighted by Gasteiger charge is 2.19. The summed E-state index contributed by atoms with van der Waals surface area (Å²) in [6, 6.07) is 8.81. The Labute approximate surface area is 127 Å². The zero-order valence-electron chi connectivity index (χ0n) is 12.3. The lowest BCUT2D eigenvalue weighted by Gasteiger charge is -2.20. The number of hydrogen-bond acceptors (Lipinski definition) is 2. The molecule has 0 heterocycles. The quantitative estimate of drug-likeness (QED) is 0.912. The number of aryl methyl sites for hydroxylation is 1. The van der Waals surface area contributed by atoms with Gasteiger partial charge < -0.3 is 10.4 Å². The van der Waals surface area contributed by atoms with E-state index in [9.17, 15) is 18.7 Å². The number of halogens is 2. The highest BCUT2D eigenvalue weighted by Crippen LogP contribution is 2.18. The van der Waals surface area contributed by atoms with E-state index in [2.05, 4.69) is 5.32 Å². The molecule has 2 rings (SSSR count). The number of nitrogens with one attached hydrogen (secondary N) is 1. The van der Waals surface area contributed by atoms with Crippen molar-refractivity contribution >= 4 is 5.91 Å². The normalized spacial score (nSPS) is 13.5. The van der Waals surface area contributed by atoms with E-state index in [1.165, 1.54) is 30.3 Å². The lowest BCUT2D eigenvalue weighted by Crippen LogP contribution is -2.37. The van der Waals surface area contributed by atoms with Crippen molar-refractivity contribution in [3.8, 4) is 0 Å². The van der Waals surface area contributed by atoms with E-state index in [4.69, 9.17) is 0 Å². The molecule has 2 aromatic carbocycles. The van der Waals surface area contributed by atoms with Gasteiger partial charge in [0.25, 0.3) is 5.91 Å². The number of carbonyl (C=O) groups is 1. The smallest absolute Gasteiger partial charge is 0.251 e. The van der Waals surface area contributed by atoms with Crippen LogP contribution in [-0.4, -0.2) is 17.1 Å². The van der Waals surface area contributed by atoms with E-state index in [1.807, 2.05) is 0 Å². The van der Waals surface area contributed by atoms with Crippen LogP contribution in [0.2, 0.25) is 0 Å². The second kappa shape index (κ2) is 6.66.